The number of alkyl halides is 3. The highest BCUT2D eigenvalue weighted by Crippen LogP contribution is 2.24. The number of ether oxygens (including phenoxy) is 3. The van der Waals surface area contributed by atoms with Crippen molar-refractivity contribution < 1.29 is 32.2 Å². The number of benzene rings is 2. The molecule has 0 aliphatic heterocycles. The first kappa shape index (κ1) is 21.0. The van der Waals surface area contributed by atoms with Gasteiger partial charge in [-0.05, 0) is 42.5 Å². The van der Waals surface area contributed by atoms with E-state index in [2.05, 4.69) is 15.0 Å². The Labute approximate surface area is 170 Å². The summed E-state index contributed by atoms with van der Waals surface area (Å²) < 4.78 is 52.1. The molecule has 1 aromatic heterocycles. The normalized spacial score (nSPS) is 10.9. The van der Waals surface area contributed by atoms with Crippen LogP contribution in [0.25, 0.3) is 0 Å². The molecule has 0 aliphatic rings. The quantitative estimate of drug-likeness (QED) is 0.567. The van der Waals surface area contributed by atoms with Crippen LogP contribution in [0.3, 0.4) is 0 Å². The predicted octanol–water partition coefficient (Wildman–Crippen LogP) is 4.83. The van der Waals surface area contributed by atoms with E-state index >= 15 is 0 Å². The number of pyridine rings is 1. The molecule has 30 heavy (non-hydrogen) atoms. The minimum Gasteiger partial charge on any atom is -0.484 e. The summed E-state index contributed by atoms with van der Waals surface area (Å²) in [4.78, 5) is 16.1. The predicted molar refractivity (Wildman–Crippen MR) is 103 cm³/mol. The Morgan fingerprint density at radius 3 is 2.37 bits per heavy atom. The third-order valence-electron chi connectivity index (χ3n) is 3.58. The Morgan fingerprint density at radius 1 is 0.900 bits per heavy atom. The van der Waals surface area contributed by atoms with Crippen LogP contribution in [0.4, 0.5) is 18.9 Å². The van der Waals surface area contributed by atoms with Crippen LogP contribution in [0.15, 0.2) is 72.9 Å². The van der Waals surface area contributed by atoms with E-state index in [0.717, 1.165) is 0 Å². The number of carbonyl (C=O) groups excluding carboxylic acids is 1. The van der Waals surface area contributed by atoms with Crippen LogP contribution < -0.4 is 19.5 Å². The lowest BCUT2D eigenvalue weighted by Gasteiger charge is -2.11. The number of hydrogen-bond donors (Lipinski definition) is 1. The third-order valence-corrected chi connectivity index (χ3v) is 3.58. The van der Waals surface area contributed by atoms with Gasteiger partial charge in [0.15, 0.2) is 13.2 Å². The van der Waals surface area contributed by atoms with Gasteiger partial charge >= 0.3 is 6.18 Å². The van der Waals surface area contributed by atoms with Crippen LogP contribution in [0, 0.1) is 0 Å². The number of aromatic nitrogens is 1. The molecule has 9 heteroatoms. The second-order valence-corrected chi connectivity index (χ2v) is 6.01. The zero-order valence-corrected chi connectivity index (χ0v) is 15.6. The molecule has 3 rings (SSSR count). The Bertz CT molecular complexity index is 964. The summed E-state index contributed by atoms with van der Waals surface area (Å²) in [5.41, 5.74) is 0.398. The van der Waals surface area contributed by atoms with E-state index in [9.17, 15) is 18.0 Å². The SMILES string of the molecule is O=C(COc1cccc(Oc2ccccn2)c1)Nc1ccc(OCC(F)(F)F)cc1. The lowest BCUT2D eigenvalue weighted by molar-refractivity contribution is -0.153. The Balaban J connectivity index is 1.48. The smallest absolute Gasteiger partial charge is 0.422 e. The van der Waals surface area contributed by atoms with E-state index in [0.29, 0.717) is 23.1 Å². The van der Waals surface area contributed by atoms with Crippen LogP contribution in [-0.2, 0) is 4.79 Å². The molecule has 1 amide bonds. The van der Waals surface area contributed by atoms with Crippen molar-refractivity contribution in [3.8, 4) is 23.1 Å². The van der Waals surface area contributed by atoms with E-state index in [-0.39, 0.29) is 12.4 Å². The summed E-state index contributed by atoms with van der Waals surface area (Å²) in [6.07, 6.45) is -2.81. The number of nitrogens with one attached hydrogen (secondary N) is 1. The molecule has 0 saturated heterocycles. The number of anilines is 1. The van der Waals surface area contributed by atoms with Gasteiger partial charge in [-0.3, -0.25) is 4.79 Å². The van der Waals surface area contributed by atoms with Crippen LogP contribution in [0.2, 0.25) is 0 Å². The molecule has 0 aliphatic carbocycles. The van der Waals surface area contributed by atoms with Gasteiger partial charge in [-0.25, -0.2) is 4.98 Å². The standard InChI is InChI=1S/C21H17F3N2O4/c22-21(23,24)14-29-16-9-7-15(8-10-16)26-19(27)13-28-17-4-3-5-18(12-17)30-20-6-1-2-11-25-20/h1-12H,13-14H2,(H,26,27). The van der Waals surface area contributed by atoms with Gasteiger partial charge in [0.25, 0.3) is 5.91 Å². The lowest BCUT2D eigenvalue weighted by atomic mass is 10.3. The highest BCUT2D eigenvalue weighted by atomic mass is 19.4. The number of nitrogens with zero attached hydrogens (tertiary/aromatic N) is 1. The largest absolute Gasteiger partial charge is 0.484 e. The Morgan fingerprint density at radius 2 is 1.67 bits per heavy atom. The van der Waals surface area contributed by atoms with Crippen molar-refractivity contribution in [1.29, 1.82) is 0 Å². The molecule has 3 aromatic rings. The fourth-order valence-electron chi connectivity index (χ4n) is 2.30. The second-order valence-electron chi connectivity index (χ2n) is 6.01. The molecule has 6 nitrogen and oxygen atoms in total. The van der Waals surface area contributed by atoms with E-state index in [1.165, 1.54) is 24.3 Å². The third kappa shape index (κ3) is 7.01. The highest BCUT2D eigenvalue weighted by Gasteiger charge is 2.28. The first-order valence-corrected chi connectivity index (χ1v) is 8.79. The van der Waals surface area contributed by atoms with Gasteiger partial charge in [-0.1, -0.05) is 12.1 Å². The first-order valence-electron chi connectivity index (χ1n) is 8.79. The number of amides is 1. The maximum absolute atomic E-state index is 12.1. The van der Waals surface area contributed by atoms with Crippen molar-refractivity contribution in [2.75, 3.05) is 18.5 Å². The van der Waals surface area contributed by atoms with E-state index in [1.54, 1.807) is 48.7 Å². The maximum Gasteiger partial charge on any atom is 0.422 e. The van der Waals surface area contributed by atoms with Gasteiger partial charge in [-0.2, -0.15) is 13.2 Å². The van der Waals surface area contributed by atoms with Crippen molar-refractivity contribution in [3.63, 3.8) is 0 Å². The molecule has 0 saturated carbocycles. The number of hydrogen-bond acceptors (Lipinski definition) is 5. The zero-order chi connectivity index (χ0) is 21.4. The number of carbonyl (C=O) groups is 1. The minimum absolute atomic E-state index is 0.0475. The van der Waals surface area contributed by atoms with Gasteiger partial charge in [0.05, 0.1) is 0 Å². The lowest BCUT2D eigenvalue weighted by Crippen LogP contribution is -2.20. The molecule has 2 aromatic carbocycles. The van der Waals surface area contributed by atoms with Gasteiger partial charge in [0, 0.05) is 24.0 Å². The van der Waals surface area contributed by atoms with Crippen molar-refractivity contribution in [2.24, 2.45) is 0 Å². The molecule has 0 spiro atoms. The highest BCUT2D eigenvalue weighted by molar-refractivity contribution is 5.91. The topological polar surface area (TPSA) is 69.7 Å². The summed E-state index contributed by atoms with van der Waals surface area (Å²) in [6, 6.07) is 17.5. The molecule has 0 bridgehead atoms. The van der Waals surface area contributed by atoms with Gasteiger partial charge in [0.1, 0.15) is 17.2 Å². The molecule has 1 N–H and O–H groups in total. The monoisotopic (exact) mass is 418 g/mol. The average Bonchev–Trinajstić information content (AvgIpc) is 2.72. The van der Waals surface area contributed by atoms with Gasteiger partial charge in [0.2, 0.25) is 5.88 Å². The zero-order valence-electron chi connectivity index (χ0n) is 15.6. The van der Waals surface area contributed by atoms with Crippen LogP contribution in [0.1, 0.15) is 0 Å². The molecular weight excluding hydrogens is 401 g/mol. The molecule has 0 unspecified atom stereocenters. The number of halogens is 3. The van der Waals surface area contributed by atoms with Crippen LogP contribution in [-0.4, -0.2) is 30.3 Å². The Hall–Kier alpha value is -3.75. The molecule has 0 radical (unpaired) electrons. The maximum atomic E-state index is 12.1. The van der Waals surface area contributed by atoms with Gasteiger partial charge in [-0.15, -0.1) is 0 Å². The number of rotatable bonds is 8. The van der Waals surface area contributed by atoms with Gasteiger partial charge < -0.3 is 19.5 Å². The summed E-state index contributed by atoms with van der Waals surface area (Å²) in [5, 5.41) is 2.58. The summed E-state index contributed by atoms with van der Waals surface area (Å²) in [6.45, 7) is -1.64. The van der Waals surface area contributed by atoms with Crippen molar-refractivity contribution in [1.82, 2.24) is 4.98 Å². The molecule has 0 atom stereocenters. The summed E-state index contributed by atoms with van der Waals surface area (Å²) >= 11 is 0. The van der Waals surface area contributed by atoms with Crippen molar-refractivity contribution in [2.45, 2.75) is 6.18 Å². The molecule has 156 valence electrons. The summed E-state index contributed by atoms with van der Waals surface area (Å²) in [5.74, 6) is 0.965. The average molecular weight is 418 g/mol. The van der Waals surface area contributed by atoms with E-state index in [1.807, 2.05) is 0 Å². The Kier molecular flexibility index (Phi) is 6.74. The van der Waals surface area contributed by atoms with E-state index in [4.69, 9.17) is 9.47 Å². The minimum atomic E-state index is -4.41. The van der Waals surface area contributed by atoms with Crippen molar-refractivity contribution in [3.05, 3.63) is 72.9 Å². The van der Waals surface area contributed by atoms with Crippen LogP contribution in [0.5, 0.6) is 23.1 Å². The van der Waals surface area contributed by atoms with Crippen LogP contribution >= 0.6 is 0 Å². The van der Waals surface area contributed by atoms with E-state index < -0.39 is 18.7 Å². The summed E-state index contributed by atoms with van der Waals surface area (Å²) in [7, 11) is 0. The second kappa shape index (κ2) is 9.64. The fourth-order valence-corrected chi connectivity index (χ4v) is 2.30. The molecular formula is C21H17F3N2O4. The fraction of sp³-hybridized carbons (Fsp3) is 0.143. The van der Waals surface area contributed by atoms with Crippen molar-refractivity contribution >= 4 is 11.6 Å². The molecule has 1 heterocycles. The first-order chi connectivity index (χ1) is 14.4. The molecule has 0 fully saturated rings.